The molecule has 3 N–H and O–H groups in total. The third kappa shape index (κ3) is 4.60. The number of thiazole rings is 1. The minimum Gasteiger partial charge on any atom is -0.508 e. The monoisotopic (exact) mass is 435 g/mol. The van der Waals surface area contributed by atoms with Crippen LogP contribution in [0.1, 0.15) is 36.7 Å². The fourth-order valence-corrected chi connectivity index (χ4v) is 3.33. The standard InChI is InChI=1S/C20H16F3N3O3S/c1-10-3-8-14(27)11(2)16(10)25-18(29)15-9-24-19(30-15)26-17(28)12-4-6-13(7-5-12)20(21,22)23/h3-9,27H,1-2H3,(H,25,29)(H,24,26,28). The zero-order valence-electron chi connectivity index (χ0n) is 15.8. The Balaban J connectivity index is 1.70. The summed E-state index contributed by atoms with van der Waals surface area (Å²) in [7, 11) is 0. The first-order valence-corrected chi connectivity index (χ1v) is 9.43. The van der Waals surface area contributed by atoms with Crippen molar-refractivity contribution in [2.24, 2.45) is 0 Å². The molecule has 0 atom stereocenters. The van der Waals surface area contributed by atoms with Crippen molar-refractivity contribution >= 4 is 34.0 Å². The molecule has 1 aromatic heterocycles. The van der Waals surface area contributed by atoms with Gasteiger partial charge in [0.2, 0.25) is 0 Å². The number of nitrogens with zero attached hydrogens (tertiary/aromatic N) is 1. The van der Waals surface area contributed by atoms with Crippen LogP contribution in [0.2, 0.25) is 0 Å². The third-order valence-electron chi connectivity index (χ3n) is 4.31. The average molecular weight is 435 g/mol. The molecule has 3 rings (SSSR count). The van der Waals surface area contributed by atoms with Crippen molar-refractivity contribution in [1.82, 2.24) is 4.98 Å². The lowest BCUT2D eigenvalue weighted by Crippen LogP contribution is -2.13. The summed E-state index contributed by atoms with van der Waals surface area (Å²) in [6, 6.07) is 6.95. The summed E-state index contributed by atoms with van der Waals surface area (Å²) in [5.74, 6) is -1.08. The summed E-state index contributed by atoms with van der Waals surface area (Å²) < 4.78 is 37.8. The lowest BCUT2D eigenvalue weighted by Gasteiger charge is -2.11. The smallest absolute Gasteiger partial charge is 0.416 e. The zero-order chi connectivity index (χ0) is 22.1. The van der Waals surface area contributed by atoms with Gasteiger partial charge in [-0.25, -0.2) is 4.98 Å². The highest BCUT2D eigenvalue weighted by molar-refractivity contribution is 7.17. The molecule has 0 aliphatic rings. The number of carbonyl (C=O) groups excluding carboxylic acids is 2. The molecule has 3 aromatic rings. The normalized spacial score (nSPS) is 11.2. The van der Waals surface area contributed by atoms with Crippen molar-refractivity contribution < 1.29 is 27.9 Å². The van der Waals surface area contributed by atoms with E-state index in [-0.39, 0.29) is 21.3 Å². The molecular formula is C20H16F3N3O3S. The molecule has 1 heterocycles. The third-order valence-corrected chi connectivity index (χ3v) is 5.22. The fraction of sp³-hybridized carbons (Fsp3) is 0.150. The summed E-state index contributed by atoms with van der Waals surface area (Å²) in [5.41, 5.74) is 0.923. The number of aryl methyl sites for hydroxylation is 1. The minimum atomic E-state index is -4.49. The molecule has 0 spiro atoms. The number of anilines is 2. The maximum atomic E-state index is 12.6. The molecule has 10 heteroatoms. The average Bonchev–Trinajstić information content (AvgIpc) is 3.16. The van der Waals surface area contributed by atoms with Gasteiger partial charge in [0.15, 0.2) is 5.13 Å². The molecule has 156 valence electrons. The molecule has 0 saturated carbocycles. The van der Waals surface area contributed by atoms with Crippen LogP contribution in [0, 0.1) is 13.8 Å². The lowest BCUT2D eigenvalue weighted by molar-refractivity contribution is -0.137. The van der Waals surface area contributed by atoms with E-state index in [0.29, 0.717) is 11.3 Å². The molecule has 0 aliphatic carbocycles. The van der Waals surface area contributed by atoms with E-state index in [1.807, 2.05) is 0 Å². The number of benzene rings is 2. The molecule has 0 radical (unpaired) electrons. The van der Waals surface area contributed by atoms with Crippen LogP contribution in [0.4, 0.5) is 24.0 Å². The van der Waals surface area contributed by atoms with Crippen LogP contribution in [0.5, 0.6) is 5.75 Å². The van der Waals surface area contributed by atoms with Crippen molar-refractivity contribution in [2.75, 3.05) is 10.6 Å². The van der Waals surface area contributed by atoms with Crippen molar-refractivity contribution in [3.63, 3.8) is 0 Å². The maximum absolute atomic E-state index is 12.6. The second-order valence-electron chi connectivity index (χ2n) is 6.41. The molecular weight excluding hydrogens is 419 g/mol. The van der Waals surface area contributed by atoms with Crippen molar-refractivity contribution in [2.45, 2.75) is 20.0 Å². The first-order valence-electron chi connectivity index (χ1n) is 8.61. The van der Waals surface area contributed by atoms with Gasteiger partial charge in [0, 0.05) is 11.1 Å². The number of hydrogen-bond acceptors (Lipinski definition) is 5. The van der Waals surface area contributed by atoms with Crippen molar-refractivity contribution in [3.05, 3.63) is 69.7 Å². The number of alkyl halides is 3. The van der Waals surface area contributed by atoms with Gasteiger partial charge in [0.05, 0.1) is 17.4 Å². The largest absolute Gasteiger partial charge is 0.508 e. The highest BCUT2D eigenvalue weighted by Gasteiger charge is 2.30. The Kier molecular flexibility index (Phi) is 5.79. The molecule has 0 saturated heterocycles. The number of hydrogen-bond donors (Lipinski definition) is 3. The van der Waals surface area contributed by atoms with Crippen LogP contribution in [-0.4, -0.2) is 21.9 Å². The van der Waals surface area contributed by atoms with E-state index >= 15 is 0 Å². The summed E-state index contributed by atoms with van der Waals surface area (Å²) in [6.07, 6.45) is -3.21. The number of rotatable bonds is 4. The molecule has 0 unspecified atom stereocenters. The summed E-state index contributed by atoms with van der Waals surface area (Å²) in [5, 5.41) is 15.1. The highest BCUT2D eigenvalue weighted by atomic mass is 32.1. The first-order chi connectivity index (χ1) is 14.1. The molecule has 0 bridgehead atoms. The van der Waals surface area contributed by atoms with Gasteiger partial charge in [-0.05, 0) is 49.7 Å². The predicted octanol–water partition coefficient (Wildman–Crippen LogP) is 4.99. The quantitative estimate of drug-likeness (QED) is 0.539. The van der Waals surface area contributed by atoms with Gasteiger partial charge in [-0.2, -0.15) is 13.2 Å². The van der Waals surface area contributed by atoms with Crippen LogP contribution < -0.4 is 10.6 Å². The summed E-state index contributed by atoms with van der Waals surface area (Å²) >= 11 is 0.909. The number of carbonyl (C=O) groups is 2. The Hall–Kier alpha value is -3.40. The van der Waals surface area contributed by atoms with E-state index in [2.05, 4.69) is 15.6 Å². The van der Waals surface area contributed by atoms with Gasteiger partial charge in [-0.1, -0.05) is 17.4 Å². The topological polar surface area (TPSA) is 91.3 Å². The second-order valence-corrected chi connectivity index (χ2v) is 7.45. The van der Waals surface area contributed by atoms with Gasteiger partial charge in [-0.15, -0.1) is 0 Å². The minimum absolute atomic E-state index is 0.0233. The SMILES string of the molecule is Cc1ccc(O)c(C)c1NC(=O)c1cnc(NC(=O)c2ccc(C(F)(F)F)cc2)s1. The van der Waals surface area contributed by atoms with Crippen LogP contribution in [0.15, 0.2) is 42.6 Å². The molecule has 30 heavy (non-hydrogen) atoms. The molecule has 2 aromatic carbocycles. The van der Waals surface area contributed by atoms with E-state index in [9.17, 15) is 27.9 Å². The number of aromatic hydroxyl groups is 1. The van der Waals surface area contributed by atoms with Crippen LogP contribution in [0.25, 0.3) is 0 Å². The Bertz CT molecular complexity index is 1110. The Labute approximate surface area is 173 Å². The van der Waals surface area contributed by atoms with Crippen LogP contribution >= 0.6 is 11.3 Å². The van der Waals surface area contributed by atoms with Crippen LogP contribution in [0.3, 0.4) is 0 Å². The second kappa shape index (κ2) is 8.15. The van der Waals surface area contributed by atoms with Gasteiger partial charge < -0.3 is 10.4 Å². The number of amides is 2. The van der Waals surface area contributed by atoms with Crippen molar-refractivity contribution in [3.8, 4) is 5.75 Å². The van der Waals surface area contributed by atoms with E-state index in [1.54, 1.807) is 19.9 Å². The molecule has 0 fully saturated rings. The first kappa shape index (κ1) is 21.3. The number of phenols is 1. The molecule has 6 nitrogen and oxygen atoms in total. The van der Waals surface area contributed by atoms with Gasteiger partial charge >= 0.3 is 6.18 Å². The van der Waals surface area contributed by atoms with E-state index in [0.717, 1.165) is 41.2 Å². The number of nitrogens with one attached hydrogen (secondary N) is 2. The van der Waals surface area contributed by atoms with Gasteiger partial charge in [-0.3, -0.25) is 14.9 Å². The highest BCUT2D eigenvalue weighted by Crippen LogP contribution is 2.30. The van der Waals surface area contributed by atoms with E-state index < -0.39 is 23.6 Å². The number of phenolic OH excluding ortho intramolecular Hbond substituents is 1. The Morgan fingerprint density at radius 2 is 1.67 bits per heavy atom. The van der Waals surface area contributed by atoms with Gasteiger partial charge in [0.25, 0.3) is 11.8 Å². The molecule has 2 amide bonds. The van der Waals surface area contributed by atoms with Crippen LogP contribution in [-0.2, 0) is 6.18 Å². The Morgan fingerprint density at radius 1 is 1.00 bits per heavy atom. The zero-order valence-corrected chi connectivity index (χ0v) is 16.6. The van der Waals surface area contributed by atoms with Gasteiger partial charge in [0.1, 0.15) is 10.6 Å². The van der Waals surface area contributed by atoms with E-state index in [4.69, 9.17) is 0 Å². The fourth-order valence-electron chi connectivity index (χ4n) is 2.62. The molecule has 0 aliphatic heterocycles. The number of halogens is 3. The maximum Gasteiger partial charge on any atom is 0.416 e. The summed E-state index contributed by atoms with van der Waals surface area (Å²) in [6.45, 7) is 3.45. The van der Waals surface area contributed by atoms with Crippen molar-refractivity contribution in [1.29, 1.82) is 0 Å². The Morgan fingerprint density at radius 3 is 2.30 bits per heavy atom. The summed E-state index contributed by atoms with van der Waals surface area (Å²) in [4.78, 5) is 28.9. The predicted molar refractivity (Wildman–Crippen MR) is 107 cm³/mol. The lowest BCUT2D eigenvalue weighted by atomic mass is 10.1. The number of aromatic nitrogens is 1. The van der Waals surface area contributed by atoms with E-state index in [1.165, 1.54) is 12.3 Å².